The molecule has 0 spiro atoms. The van der Waals surface area contributed by atoms with Crippen molar-refractivity contribution >= 4 is 35.5 Å². The van der Waals surface area contributed by atoms with Crippen LogP contribution < -0.4 is 5.17 Å². The highest BCUT2D eigenvalue weighted by molar-refractivity contribution is 6.09. The minimum atomic E-state index is -0.882. The molecule has 0 amide bonds. The smallest absolute Gasteiger partial charge is 0.396 e. The average molecular weight is 659 g/mol. The third kappa shape index (κ3) is 6.03. The number of carbonyl (C=O) groups is 4. The van der Waals surface area contributed by atoms with E-state index >= 15 is 0 Å². The van der Waals surface area contributed by atoms with Crippen LogP contribution >= 0.6 is 0 Å². The minimum absolute atomic E-state index is 0.112. The van der Waals surface area contributed by atoms with Crippen LogP contribution in [0.3, 0.4) is 0 Å². The van der Waals surface area contributed by atoms with Gasteiger partial charge in [0.1, 0.15) is 6.20 Å². The molecule has 248 valence electrons. The first kappa shape index (κ1) is 34.7. The van der Waals surface area contributed by atoms with Crippen molar-refractivity contribution in [3.05, 3.63) is 91.8 Å². The highest BCUT2D eigenvalue weighted by Gasteiger charge is 2.35. The topological polar surface area (TPSA) is 203 Å². The fraction of sp³-hybridized carbons (Fsp3) is 0.250. The van der Waals surface area contributed by atoms with E-state index in [0.29, 0.717) is 0 Å². The summed E-state index contributed by atoms with van der Waals surface area (Å²) in [6, 6.07) is 5.59. The number of esters is 4. The van der Waals surface area contributed by atoms with Gasteiger partial charge in [0.2, 0.25) is 0 Å². The van der Waals surface area contributed by atoms with Crippen LogP contribution in [0, 0.1) is 37.8 Å². The maximum Gasteiger partial charge on any atom is 0.396 e. The zero-order chi connectivity index (χ0) is 35.4. The zero-order valence-corrected chi connectivity index (χ0v) is 27.2. The Morgan fingerprint density at radius 1 is 0.625 bits per heavy atom. The van der Waals surface area contributed by atoms with Crippen molar-refractivity contribution in [3.63, 3.8) is 0 Å². The van der Waals surface area contributed by atoms with E-state index in [4.69, 9.17) is 18.9 Å². The lowest BCUT2D eigenvalue weighted by Crippen LogP contribution is -2.27. The summed E-state index contributed by atoms with van der Waals surface area (Å²) in [6.07, 6.45) is 2.43. The number of methoxy groups -OCH3 is 4. The molecule has 16 heteroatoms. The molecule has 0 fully saturated rings. The van der Waals surface area contributed by atoms with Gasteiger partial charge >= 0.3 is 29.7 Å². The first-order valence-corrected chi connectivity index (χ1v) is 14.0. The van der Waals surface area contributed by atoms with Gasteiger partial charge in [-0.05, 0) is 61.9 Å². The maximum atomic E-state index is 14.1. The van der Waals surface area contributed by atoms with Crippen molar-refractivity contribution < 1.29 is 43.0 Å². The van der Waals surface area contributed by atoms with Crippen LogP contribution in [0.5, 0.6) is 0 Å². The normalized spacial score (nSPS) is 10.6. The van der Waals surface area contributed by atoms with Gasteiger partial charge in [0.15, 0.2) is 5.82 Å². The number of hydrogen-bond acceptors (Lipinski definition) is 14. The highest BCUT2D eigenvalue weighted by Crippen LogP contribution is 2.40. The van der Waals surface area contributed by atoms with Crippen LogP contribution in [0.1, 0.15) is 64.2 Å². The number of ether oxygens (including phenoxy) is 4. The Hall–Kier alpha value is -6.16. The first-order chi connectivity index (χ1) is 22.8. The number of nitrogens with zero attached hydrogens (tertiary/aromatic N) is 6. The molecule has 0 aliphatic carbocycles. The van der Waals surface area contributed by atoms with Gasteiger partial charge < -0.3 is 24.2 Å². The molecule has 0 bridgehead atoms. The standard InChI is InChI=1S/C32H30N6O10/c1-15-21(29(39)45-5)25(22(16(2)35-15)30(40)46-6)19-11-9-13-33-27(19)37(43)38(44)28-20(12-10-14-34-28)26-23(31(41)47-7)17(3)36-18(4)24(26)32(42)48-8/h9-14H,1-8H3. The molecule has 0 aliphatic rings. The summed E-state index contributed by atoms with van der Waals surface area (Å²) in [4.78, 5) is 82.9. The Morgan fingerprint density at radius 2 is 0.979 bits per heavy atom. The molecule has 0 saturated carbocycles. The van der Waals surface area contributed by atoms with Crippen LogP contribution in [0.15, 0.2) is 36.7 Å². The zero-order valence-electron chi connectivity index (χ0n) is 27.2. The van der Waals surface area contributed by atoms with Gasteiger partial charge in [-0.25, -0.2) is 29.3 Å². The molecule has 0 N–H and O–H groups in total. The van der Waals surface area contributed by atoms with Crippen molar-refractivity contribution in [2.24, 2.45) is 0 Å². The van der Waals surface area contributed by atoms with Gasteiger partial charge in [-0.3, -0.25) is 9.97 Å². The Labute approximate surface area is 273 Å². The molecule has 0 radical (unpaired) electrons. The number of aromatic nitrogens is 4. The second kappa shape index (κ2) is 14.1. The molecule has 48 heavy (non-hydrogen) atoms. The number of hydrogen-bond donors (Lipinski definition) is 0. The Balaban J connectivity index is 2.04. The van der Waals surface area contributed by atoms with Gasteiger partial charge in [-0.2, -0.15) is 0 Å². The third-order valence-electron chi connectivity index (χ3n) is 7.32. The van der Waals surface area contributed by atoms with E-state index in [2.05, 4.69) is 19.9 Å². The Kier molecular flexibility index (Phi) is 10.2. The van der Waals surface area contributed by atoms with Gasteiger partial charge in [0.25, 0.3) is 0 Å². The summed E-state index contributed by atoms with van der Waals surface area (Å²) >= 11 is 0. The summed E-state index contributed by atoms with van der Waals surface area (Å²) in [5.41, 5.74) is -0.511. The van der Waals surface area contributed by atoms with Crippen molar-refractivity contribution in [3.8, 4) is 22.3 Å². The van der Waals surface area contributed by atoms with E-state index in [0.717, 1.165) is 28.4 Å². The van der Waals surface area contributed by atoms with Crippen molar-refractivity contribution in [1.29, 1.82) is 0 Å². The molecule has 0 aromatic carbocycles. The summed E-state index contributed by atoms with van der Waals surface area (Å²) in [5, 5.41) is 13.9. The first-order valence-electron chi connectivity index (χ1n) is 14.0. The van der Waals surface area contributed by atoms with Crippen LogP contribution in [0.25, 0.3) is 22.3 Å². The fourth-order valence-electron chi connectivity index (χ4n) is 5.31. The molecule has 4 aromatic rings. The molecular weight excluding hydrogens is 628 g/mol. The van der Waals surface area contributed by atoms with Gasteiger partial charge in [0.05, 0.1) is 83.9 Å². The van der Waals surface area contributed by atoms with Crippen LogP contribution in [0.2, 0.25) is 0 Å². The van der Waals surface area contributed by atoms with Crippen LogP contribution in [-0.4, -0.2) is 77.1 Å². The van der Waals surface area contributed by atoms with Crippen LogP contribution in [0.4, 0.5) is 11.6 Å². The lowest BCUT2D eigenvalue weighted by Gasteiger charge is -2.26. The monoisotopic (exact) mass is 658 g/mol. The number of pyridine rings is 4. The average Bonchev–Trinajstić information content (AvgIpc) is 3.09. The lowest BCUT2D eigenvalue weighted by molar-refractivity contribution is -0.472. The SMILES string of the molecule is COC(=O)c1c(C)nc(C)c(C(=O)OC)c1-c1cccnc1N([O-])[N+](=O)c1ncccc1-c1c(C(=O)OC)c(C)nc(C)c1C(=O)OC. The number of anilines is 1. The molecule has 0 aliphatic heterocycles. The predicted octanol–water partition coefficient (Wildman–Crippen LogP) is 4.31. The minimum Gasteiger partial charge on any atom is -0.717 e. The molecule has 4 rings (SSSR count). The number of carbonyl (C=O) groups excluding carboxylic acids is 4. The largest absolute Gasteiger partial charge is 0.717 e. The van der Waals surface area contributed by atoms with Crippen molar-refractivity contribution in [2.75, 3.05) is 33.6 Å². The summed E-state index contributed by atoms with van der Waals surface area (Å²) < 4.78 is 19.8. The van der Waals surface area contributed by atoms with Gasteiger partial charge in [-0.15, -0.1) is 0 Å². The fourth-order valence-corrected chi connectivity index (χ4v) is 5.31. The number of nitroso groups, excluding NO2 is 1. The molecular formula is C32H30N6O10. The second-order valence-corrected chi connectivity index (χ2v) is 10.1. The summed E-state index contributed by atoms with van der Waals surface area (Å²) in [6.45, 7) is 6.02. The lowest BCUT2D eigenvalue weighted by atomic mass is 9.92. The number of hydrazine groups is 1. The van der Waals surface area contributed by atoms with Crippen molar-refractivity contribution in [2.45, 2.75) is 27.7 Å². The quantitative estimate of drug-likeness (QED) is 0.106. The highest BCUT2D eigenvalue weighted by atomic mass is 16.6. The van der Waals surface area contributed by atoms with Gasteiger partial charge in [-0.1, -0.05) is 0 Å². The summed E-state index contributed by atoms with van der Waals surface area (Å²) in [5.74, 6) is -4.65. The van der Waals surface area contributed by atoms with E-state index < -0.39 is 35.5 Å². The molecule has 4 heterocycles. The molecule has 0 atom stereocenters. The molecule has 0 saturated heterocycles. The van der Waals surface area contributed by atoms with Crippen molar-refractivity contribution in [1.82, 2.24) is 19.9 Å². The number of rotatable bonds is 9. The van der Waals surface area contributed by atoms with E-state index in [1.54, 1.807) is 0 Å². The van der Waals surface area contributed by atoms with E-state index in [1.165, 1.54) is 64.4 Å². The van der Waals surface area contributed by atoms with E-state index in [1.807, 2.05) is 0 Å². The predicted molar refractivity (Wildman–Crippen MR) is 168 cm³/mol. The van der Waals surface area contributed by atoms with Crippen LogP contribution in [-0.2, 0) is 18.9 Å². The Bertz CT molecular complexity index is 1910. The Morgan fingerprint density at radius 3 is 1.38 bits per heavy atom. The molecule has 0 unspecified atom stereocenters. The maximum absolute atomic E-state index is 14.1. The van der Waals surface area contributed by atoms with Gasteiger partial charge in [0, 0.05) is 22.9 Å². The van der Waals surface area contributed by atoms with E-state index in [-0.39, 0.29) is 77.3 Å². The molecule has 4 aromatic heterocycles. The van der Waals surface area contributed by atoms with E-state index in [9.17, 15) is 29.3 Å². The number of aryl methyl sites for hydroxylation is 4. The molecule has 16 nitrogen and oxygen atoms in total. The second-order valence-electron chi connectivity index (χ2n) is 10.1. The summed E-state index contributed by atoms with van der Waals surface area (Å²) in [7, 11) is 4.51. The third-order valence-corrected chi connectivity index (χ3v) is 7.32.